The third-order valence-corrected chi connectivity index (χ3v) is 5.66. The molecular weight excluding hydrogens is 412 g/mol. The average Bonchev–Trinajstić information content (AvgIpc) is 2.76. The molecule has 0 radical (unpaired) electrons. The highest BCUT2D eigenvalue weighted by Gasteiger charge is 2.31. The molecule has 0 aromatic carbocycles. The molecule has 0 aromatic rings. The van der Waals surface area contributed by atoms with E-state index in [4.69, 9.17) is 22.9 Å². The molecular formula is C21H42N8O3. The van der Waals surface area contributed by atoms with E-state index in [1.807, 2.05) is 0 Å². The maximum Gasteiger partial charge on any atom is 0.245 e. The summed E-state index contributed by atoms with van der Waals surface area (Å²) < 4.78 is 0. The minimum Gasteiger partial charge on any atom is -0.370 e. The van der Waals surface area contributed by atoms with Crippen LogP contribution in [0, 0.1) is 5.92 Å². The van der Waals surface area contributed by atoms with Gasteiger partial charge in [-0.05, 0) is 70.4 Å². The minimum atomic E-state index is -0.686. The van der Waals surface area contributed by atoms with Crippen molar-refractivity contribution in [2.75, 3.05) is 32.7 Å². The SMILES string of the molecule is CC(=O)N[C@@H](CCCCN)C(=O)N[C@@H](CCCCN)C(=O)N1CCC(CN=C(N)N)CC1. The van der Waals surface area contributed by atoms with Crippen molar-refractivity contribution in [1.82, 2.24) is 15.5 Å². The summed E-state index contributed by atoms with van der Waals surface area (Å²) in [5, 5.41) is 5.57. The topological polar surface area (TPSA) is 195 Å². The van der Waals surface area contributed by atoms with Crippen molar-refractivity contribution in [3.8, 4) is 0 Å². The molecule has 1 aliphatic heterocycles. The number of carbonyl (C=O) groups is 3. The summed E-state index contributed by atoms with van der Waals surface area (Å²) in [5.74, 6) is -0.318. The number of hydrogen-bond donors (Lipinski definition) is 6. The first-order chi connectivity index (χ1) is 15.3. The van der Waals surface area contributed by atoms with Crippen LogP contribution < -0.4 is 33.6 Å². The van der Waals surface area contributed by atoms with E-state index >= 15 is 0 Å². The quantitative estimate of drug-likeness (QED) is 0.107. The molecule has 0 saturated carbocycles. The van der Waals surface area contributed by atoms with Crippen molar-refractivity contribution in [3.05, 3.63) is 0 Å². The number of guanidine groups is 1. The number of nitrogens with one attached hydrogen (secondary N) is 2. The zero-order valence-electron chi connectivity index (χ0n) is 19.4. The van der Waals surface area contributed by atoms with Crippen LogP contribution in [0.4, 0.5) is 0 Å². The number of rotatable bonds is 14. The predicted octanol–water partition coefficient (Wildman–Crippen LogP) is -1.25. The molecule has 0 bridgehead atoms. The molecule has 2 atom stereocenters. The number of hydrogen-bond acceptors (Lipinski definition) is 6. The van der Waals surface area contributed by atoms with Crippen LogP contribution in [0.15, 0.2) is 4.99 Å². The van der Waals surface area contributed by atoms with Gasteiger partial charge >= 0.3 is 0 Å². The molecule has 1 heterocycles. The summed E-state index contributed by atoms with van der Waals surface area (Å²) in [6.07, 6.45) is 5.56. The van der Waals surface area contributed by atoms with E-state index in [9.17, 15) is 14.4 Å². The van der Waals surface area contributed by atoms with E-state index in [0.717, 1.165) is 32.1 Å². The largest absolute Gasteiger partial charge is 0.370 e. The van der Waals surface area contributed by atoms with Crippen LogP contribution in [-0.4, -0.2) is 73.4 Å². The lowest BCUT2D eigenvalue weighted by atomic mass is 9.96. The molecule has 3 amide bonds. The lowest BCUT2D eigenvalue weighted by Gasteiger charge is -2.34. The summed E-state index contributed by atoms with van der Waals surface area (Å²) in [4.78, 5) is 43.6. The van der Waals surface area contributed by atoms with E-state index in [-0.39, 0.29) is 23.7 Å². The van der Waals surface area contributed by atoms with Gasteiger partial charge in [0, 0.05) is 26.6 Å². The number of carbonyl (C=O) groups excluding carboxylic acids is 3. The molecule has 0 unspecified atom stereocenters. The van der Waals surface area contributed by atoms with Gasteiger partial charge in [-0.25, -0.2) is 0 Å². The fourth-order valence-electron chi connectivity index (χ4n) is 3.82. The van der Waals surface area contributed by atoms with Gasteiger partial charge < -0.3 is 38.5 Å². The Morgan fingerprint density at radius 1 is 0.938 bits per heavy atom. The van der Waals surface area contributed by atoms with Crippen LogP contribution >= 0.6 is 0 Å². The number of unbranched alkanes of at least 4 members (excludes halogenated alkanes) is 2. The third-order valence-electron chi connectivity index (χ3n) is 5.66. The van der Waals surface area contributed by atoms with Gasteiger partial charge in [0.1, 0.15) is 12.1 Å². The molecule has 0 aliphatic carbocycles. The van der Waals surface area contributed by atoms with Gasteiger partial charge in [-0.1, -0.05) is 0 Å². The number of nitrogens with two attached hydrogens (primary N) is 4. The number of likely N-dealkylation sites (tertiary alicyclic amines) is 1. The van der Waals surface area contributed by atoms with Crippen molar-refractivity contribution >= 4 is 23.7 Å². The van der Waals surface area contributed by atoms with Crippen molar-refractivity contribution in [2.24, 2.45) is 33.8 Å². The standard InChI is InChI=1S/C21H42N8O3/c1-15(30)27-17(6-2-4-10-22)19(31)28-18(7-3-5-11-23)20(32)29-12-8-16(9-13-29)14-26-21(24)25/h16-18H,2-14,22-23H2,1H3,(H,27,30)(H,28,31)(H4,24,25,26)/t17-,18-/m0/s1. The fraction of sp³-hybridized carbons (Fsp3) is 0.810. The van der Waals surface area contributed by atoms with E-state index in [2.05, 4.69) is 15.6 Å². The van der Waals surface area contributed by atoms with Crippen LogP contribution in [0.1, 0.15) is 58.3 Å². The summed E-state index contributed by atoms with van der Waals surface area (Å²) >= 11 is 0. The number of aliphatic imine (C=N–C) groups is 1. The molecule has 1 rings (SSSR count). The summed E-state index contributed by atoms with van der Waals surface area (Å²) in [6, 6.07) is -1.33. The number of piperidine rings is 1. The Kier molecular flexibility index (Phi) is 13.3. The average molecular weight is 455 g/mol. The zero-order valence-corrected chi connectivity index (χ0v) is 19.4. The smallest absolute Gasteiger partial charge is 0.245 e. The van der Waals surface area contributed by atoms with Crippen molar-refractivity contribution in [3.63, 3.8) is 0 Å². The molecule has 10 N–H and O–H groups in total. The maximum atomic E-state index is 13.2. The van der Waals surface area contributed by atoms with Gasteiger partial charge in [-0.15, -0.1) is 0 Å². The Morgan fingerprint density at radius 3 is 2.00 bits per heavy atom. The van der Waals surface area contributed by atoms with Gasteiger partial charge in [0.25, 0.3) is 0 Å². The van der Waals surface area contributed by atoms with Gasteiger partial charge in [0.2, 0.25) is 17.7 Å². The van der Waals surface area contributed by atoms with Crippen molar-refractivity contribution in [1.29, 1.82) is 0 Å². The van der Waals surface area contributed by atoms with Crippen LogP contribution in [0.25, 0.3) is 0 Å². The Hall–Kier alpha value is -2.40. The van der Waals surface area contributed by atoms with Crippen molar-refractivity contribution in [2.45, 2.75) is 70.4 Å². The molecule has 11 nitrogen and oxygen atoms in total. The second-order valence-corrected chi connectivity index (χ2v) is 8.42. The third kappa shape index (κ3) is 10.8. The Morgan fingerprint density at radius 2 is 1.50 bits per heavy atom. The van der Waals surface area contributed by atoms with E-state index < -0.39 is 12.1 Å². The maximum absolute atomic E-state index is 13.2. The highest BCUT2D eigenvalue weighted by atomic mass is 16.2. The van der Waals surface area contributed by atoms with Crippen LogP contribution in [0.5, 0.6) is 0 Å². The Balaban J connectivity index is 2.76. The molecule has 0 aromatic heterocycles. The molecule has 1 fully saturated rings. The van der Waals surface area contributed by atoms with Crippen LogP contribution in [-0.2, 0) is 14.4 Å². The van der Waals surface area contributed by atoms with Gasteiger partial charge in [0.05, 0.1) is 0 Å². The lowest BCUT2D eigenvalue weighted by Crippen LogP contribution is -2.55. The molecule has 184 valence electrons. The highest BCUT2D eigenvalue weighted by Crippen LogP contribution is 2.19. The second kappa shape index (κ2) is 15.4. The first kappa shape index (κ1) is 27.6. The van der Waals surface area contributed by atoms with Gasteiger partial charge in [-0.2, -0.15) is 0 Å². The zero-order chi connectivity index (χ0) is 23.9. The van der Waals surface area contributed by atoms with Gasteiger partial charge in [0.15, 0.2) is 5.96 Å². The monoisotopic (exact) mass is 454 g/mol. The van der Waals surface area contributed by atoms with Crippen LogP contribution in [0.2, 0.25) is 0 Å². The molecule has 11 heteroatoms. The molecule has 0 spiro atoms. The first-order valence-corrected chi connectivity index (χ1v) is 11.6. The molecule has 32 heavy (non-hydrogen) atoms. The lowest BCUT2D eigenvalue weighted by molar-refractivity contribution is -0.138. The number of nitrogens with zero attached hydrogens (tertiary/aromatic N) is 2. The summed E-state index contributed by atoms with van der Waals surface area (Å²) in [6.45, 7) is 4.17. The van der Waals surface area contributed by atoms with Crippen LogP contribution in [0.3, 0.4) is 0 Å². The molecule has 1 saturated heterocycles. The Bertz CT molecular complexity index is 616. The summed E-state index contributed by atoms with van der Waals surface area (Å²) in [5.41, 5.74) is 21.9. The van der Waals surface area contributed by atoms with Gasteiger partial charge in [-0.3, -0.25) is 19.4 Å². The normalized spacial score (nSPS) is 16.2. The molecule has 1 aliphatic rings. The second-order valence-electron chi connectivity index (χ2n) is 8.42. The fourth-order valence-corrected chi connectivity index (χ4v) is 3.82. The first-order valence-electron chi connectivity index (χ1n) is 11.6. The summed E-state index contributed by atoms with van der Waals surface area (Å²) in [7, 11) is 0. The van der Waals surface area contributed by atoms with Crippen molar-refractivity contribution < 1.29 is 14.4 Å². The number of amides is 3. The van der Waals surface area contributed by atoms with E-state index in [0.29, 0.717) is 57.9 Å². The van der Waals surface area contributed by atoms with E-state index in [1.165, 1.54) is 6.92 Å². The van der Waals surface area contributed by atoms with E-state index in [1.54, 1.807) is 4.90 Å². The predicted molar refractivity (Wildman–Crippen MR) is 125 cm³/mol. The minimum absolute atomic E-state index is 0.0753. The highest BCUT2D eigenvalue weighted by molar-refractivity contribution is 5.91. The Labute approximate surface area is 191 Å².